The number of rotatable bonds is 2. The highest BCUT2D eigenvalue weighted by atomic mass is 19.3. The molecule has 1 fully saturated rings. The van der Waals surface area contributed by atoms with E-state index in [9.17, 15) is 8.78 Å². The number of halogens is 2. The summed E-state index contributed by atoms with van der Waals surface area (Å²) in [5.41, 5.74) is 6.08. The van der Waals surface area contributed by atoms with Crippen LogP contribution in [0, 0.1) is 0 Å². The second-order valence-corrected chi connectivity index (χ2v) is 4.43. The third-order valence-corrected chi connectivity index (χ3v) is 3.44. The van der Waals surface area contributed by atoms with Gasteiger partial charge in [0.2, 0.25) is 5.92 Å². The molecule has 0 amide bonds. The molecule has 0 aliphatic heterocycles. The average molecular weight is 227 g/mol. The van der Waals surface area contributed by atoms with Crippen LogP contribution in [0.4, 0.5) is 8.78 Å². The summed E-state index contributed by atoms with van der Waals surface area (Å²) in [7, 11) is 0. The Balaban J connectivity index is 2.23. The largest absolute Gasteiger partial charge is 0.330 e. The van der Waals surface area contributed by atoms with Crippen LogP contribution in [-0.2, 0) is 5.41 Å². The number of nitrogens with zero attached hydrogens (tertiary/aromatic N) is 2. The molecule has 0 spiro atoms. The van der Waals surface area contributed by atoms with Gasteiger partial charge in [0.25, 0.3) is 0 Å². The zero-order chi connectivity index (χ0) is 11.6. The van der Waals surface area contributed by atoms with Crippen molar-refractivity contribution >= 4 is 0 Å². The van der Waals surface area contributed by atoms with Gasteiger partial charge in [0, 0.05) is 43.4 Å². The molecule has 1 aliphatic rings. The van der Waals surface area contributed by atoms with Gasteiger partial charge in [0.1, 0.15) is 0 Å². The molecule has 0 aromatic carbocycles. The predicted molar refractivity (Wildman–Crippen MR) is 56.2 cm³/mol. The highest BCUT2D eigenvalue weighted by Gasteiger charge is 2.44. The van der Waals surface area contributed by atoms with E-state index in [-0.39, 0.29) is 12.8 Å². The summed E-state index contributed by atoms with van der Waals surface area (Å²) in [6, 6.07) is 0. The summed E-state index contributed by atoms with van der Waals surface area (Å²) >= 11 is 0. The Kier molecular flexibility index (Phi) is 2.88. The molecule has 0 saturated heterocycles. The van der Waals surface area contributed by atoms with E-state index >= 15 is 0 Å². The summed E-state index contributed by atoms with van der Waals surface area (Å²) < 4.78 is 26.2. The molecule has 1 saturated carbocycles. The molecule has 0 bridgehead atoms. The number of aromatic nitrogens is 2. The van der Waals surface area contributed by atoms with Crippen LogP contribution in [0.2, 0.25) is 0 Å². The second kappa shape index (κ2) is 4.05. The SMILES string of the molecule is NCC1(c2cnccn2)CCC(F)(F)CC1. The van der Waals surface area contributed by atoms with Crippen molar-refractivity contribution in [3.05, 3.63) is 24.3 Å². The fraction of sp³-hybridized carbons (Fsp3) is 0.636. The van der Waals surface area contributed by atoms with Gasteiger partial charge in [-0.05, 0) is 12.8 Å². The van der Waals surface area contributed by atoms with Gasteiger partial charge < -0.3 is 5.73 Å². The van der Waals surface area contributed by atoms with Crippen LogP contribution >= 0.6 is 0 Å². The Hall–Kier alpha value is -1.10. The lowest BCUT2D eigenvalue weighted by Crippen LogP contribution is -2.42. The Labute approximate surface area is 93.1 Å². The van der Waals surface area contributed by atoms with Crippen molar-refractivity contribution in [2.75, 3.05) is 6.54 Å². The highest BCUT2D eigenvalue weighted by molar-refractivity contribution is 5.16. The minimum Gasteiger partial charge on any atom is -0.330 e. The Morgan fingerprint density at radius 1 is 1.19 bits per heavy atom. The first kappa shape index (κ1) is 11.4. The standard InChI is InChI=1S/C11H15F2N3/c12-11(13)3-1-10(8-14,2-4-11)9-7-15-5-6-16-9/h5-7H,1-4,8,14H2. The lowest BCUT2D eigenvalue weighted by molar-refractivity contribution is -0.0514. The van der Waals surface area contributed by atoms with E-state index in [4.69, 9.17) is 5.73 Å². The van der Waals surface area contributed by atoms with Crippen LogP contribution in [0.3, 0.4) is 0 Å². The topological polar surface area (TPSA) is 51.8 Å². The molecule has 1 heterocycles. The highest BCUT2D eigenvalue weighted by Crippen LogP contribution is 2.43. The Morgan fingerprint density at radius 2 is 1.88 bits per heavy atom. The molecule has 1 aromatic rings. The first-order valence-electron chi connectivity index (χ1n) is 5.42. The fourth-order valence-corrected chi connectivity index (χ4v) is 2.23. The van der Waals surface area contributed by atoms with Gasteiger partial charge in [0.05, 0.1) is 5.69 Å². The lowest BCUT2D eigenvalue weighted by Gasteiger charge is -2.38. The molecule has 3 nitrogen and oxygen atoms in total. The smallest absolute Gasteiger partial charge is 0.248 e. The maximum absolute atomic E-state index is 13.1. The van der Waals surface area contributed by atoms with Crippen molar-refractivity contribution in [2.24, 2.45) is 5.73 Å². The molecule has 5 heteroatoms. The zero-order valence-electron chi connectivity index (χ0n) is 9.00. The van der Waals surface area contributed by atoms with Crippen molar-refractivity contribution < 1.29 is 8.78 Å². The van der Waals surface area contributed by atoms with E-state index in [1.165, 1.54) is 0 Å². The van der Waals surface area contributed by atoms with Crippen LogP contribution in [-0.4, -0.2) is 22.4 Å². The van der Waals surface area contributed by atoms with Crippen molar-refractivity contribution in [1.82, 2.24) is 9.97 Å². The quantitative estimate of drug-likeness (QED) is 0.839. The van der Waals surface area contributed by atoms with Gasteiger partial charge >= 0.3 is 0 Å². The first-order valence-corrected chi connectivity index (χ1v) is 5.42. The number of hydrogen-bond acceptors (Lipinski definition) is 3. The van der Waals surface area contributed by atoms with E-state index in [0.717, 1.165) is 5.69 Å². The van der Waals surface area contributed by atoms with E-state index in [1.807, 2.05) is 0 Å². The maximum Gasteiger partial charge on any atom is 0.248 e. The third kappa shape index (κ3) is 2.04. The maximum atomic E-state index is 13.1. The minimum atomic E-state index is -2.54. The van der Waals surface area contributed by atoms with Gasteiger partial charge in [-0.25, -0.2) is 8.78 Å². The first-order chi connectivity index (χ1) is 7.58. The zero-order valence-corrected chi connectivity index (χ0v) is 9.00. The molecule has 0 atom stereocenters. The van der Waals surface area contributed by atoms with Gasteiger partial charge in [-0.2, -0.15) is 0 Å². The van der Waals surface area contributed by atoms with E-state index < -0.39 is 11.3 Å². The van der Waals surface area contributed by atoms with Crippen LogP contribution in [0.25, 0.3) is 0 Å². The monoisotopic (exact) mass is 227 g/mol. The molecule has 16 heavy (non-hydrogen) atoms. The van der Waals surface area contributed by atoms with Crippen molar-refractivity contribution in [3.8, 4) is 0 Å². The average Bonchev–Trinajstić information content (AvgIpc) is 2.31. The van der Waals surface area contributed by atoms with Crippen LogP contribution < -0.4 is 5.73 Å². The predicted octanol–water partition coefficient (Wildman–Crippen LogP) is 1.88. The Bertz CT molecular complexity index is 344. The second-order valence-electron chi connectivity index (χ2n) is 4.43. The number of nitrogens with two attached hydrogens (primary N) is 1. The molecule has 1 aromatic heterocycles. The molecule has 1 aliphatic carbocycles. The van der Waals surface area contributed by atoms with E-state index in [0.29, 0.717) is 19.4 Å². The van der Waals surface area contributed by atoms with Gasteiger partial charge in [-0.1, -0.05) is 0 Å². The summed E-state index contributed by atoms with van der Waals surface area (Å²) in [5.74, 6) is -2.54. The van der Waals surface area contributed by atoms with Crippen LogP contribution in [0.15, 0.2) is 18.6 Å². The number of hydrogen-bond donors (Lipinski definition) is 1. The summed E-state index contributed by atoms with van der Waals surface area (Å²) in [6.07, 6.45) is 5.34. The molecule has 0 unspecified atom stereocenters. The summed E-state index contributed by atoms with van der Waals surface area (Å²) in [5, 5.41) is 0. The third-order valence-electron chi connectivity index (χ3n) is 3.44. The van der Waals surface area contributed by atoms with Crippen molar-refractivity contribution in [2.45, 2.75) is 37.0 Å². The minimum absolute atomic E-state index is 0.110. The van der Waals surface area contributed by atoms with Gasteiger partial charge in [-0.15, -0.1) is 0 Å². The van der Waals surface area contributed by atoms with Crippen molar-refractivity contribution in [1.29, 1.82) is 0 Å². The lowest BCUT2D eigenvalue weighted by atomic mass is 9.71. The van der Waals surface area contributed by atoms with Crippen LogP contribution in [0.1, 0.15) is 31.4 Å². The molecule has 88 valence electrons. The van der Waals surface area contributed by atoms with Crippen LogP contribution in [0.5, 0.6) is 0 Å². The van der Waals surface area contributed by atoms with Crippen molar-refractivity contribution in [3.63, 3.8) is 0 Å². The molecule has 0 radical (unpaired) electrons. The molecule has 2 N–H and O–H groups in total. The fourth-order valence-electron chi connectivity index (χ4n) is 2.23. The molecular weight excluding hydrogens is 212 g/mol. The van der Waals surface area contributed by atoms with E-state index in [2.05, 4.69) is 9.97 Å². The number of alkyl halides is 2. The molecular formula is C11H15F2N3. The van der Waals surface area contributed by atoms with E-state index in [1.54, 1.807) is 18.6 Å². The normalized spacial score (nSPS) is 22.9. The Morgan fingerprint density at radius 3 is 2.38 bits per heavy atom. The van der Waals surface area contributed by atoms with Gasteiger partial charge in [0.15, 0.2) is 0 Å². The molecule has 2 rings (SSSR count). The summed E-state index contributed by atoms with van der Waals surface area (Å²) in [6.45, 7) is 0.349. The summed E-state index contributed by atoms with van der Waals surface area (Å²) in [4.78, 5) is 8.19. The van der Waals surface area contributed by atoms with Gasteiger partial charge in [-0.3, -0.25) is 9.97 Å².